The lowest BCUT2D eigenvalue weighted by Crippen LogP contribution is -2.07. The smallest absolute Gasteiger partial charge is 0.0359 e. The SMILES string of the molecule is CC(C)C(Cl)CCCc1ccc(I)cc1. The highest BCUT2D eigenvalue weighted by Gasteiger charge is 2.08. The lowest BCUT2D eigenvalue weighted by molar-refractivity contribution is 0.547. The molecule has 0 aliphatic heterocycles. The van der Waals surface area contributed by atoms with Crippen molar-refractivity contribution >= 4 is 34.2 Å². The first-order chi connectivity index (χ1) is 7.09. The molecule has 0 heterocycles. The van der Waals surface area contributed by atoms with Gasteiger partial charge in [0.05, 0.1) is 0 Å². The summed E-state index contributed by atoms with van der Waals surface area (Å²) in [6, 6.07) is 8.74. The van der Waals surface area contributed by atoms with E-state index in [1.165, 1.54) is 15.6 Å². The second kappa shape index (κ2) is 6.74. The summed E-state index contributed by atoms with van der Waals surface area (Å²) in [7, 11) is 0. The van der Waals surface area contributed by atoms with Crippen LogP contribution in [0.15, 0.2) is 24.3 Å². The van der Waals surface area contributed by atoms with Crippen LogP contribution in [0.5, 0.6) is 0 Å². The Morgan fingerprint density at radius 3 is 2.33 bits per heavy atom. The molecule has 0 amide bonds. The molecule has 0 radical (unpaired) electrons. The number of alkyl halides is 1. The summed E-state index contributed by atoms with van der Waals surface area (Å²) in [6.45, 7) is 4.37. The van der Waals surface area contributed by atoms with E-state index in [9.17, 15) is 0 Å². The summed E-state index contributed by atoms with van der Waals surface area (Å²) in [5.41, 5.74) is 1.42. The van der Waals surface area contributed by atoms with Gasteiger partial charge in [0, 0.05) is 8.95 Å². The molecule has 0 saturated carbocycles. The first kappa shape index (κ1) is 13.3. The standard InChI is InChI=1S/C13H18ClI/c1-10(2)13(14)5-3-4-11-6-8-12(15)9-7-11/h6-10,13H,3-5H2,1-2H3. The van der Waals surface area contributed by atoms with Gasteiger partial charge in [-0.25, -0.2) is 0 Å². The summed E-state index contributed by atoms with van der Waals surface area (Å²) in [4.78, 5) is 0. The zero-order valence-corrected chi connectivity index (χ0v) is 12.3. The van der Waals surface area contributed by atoms with Crippen molar-refractivity contribution in [3.63, 3.8) is 0 Å². The number of aryl methyl sites for hydroxylation is 1. The Morgan fingerprint density at radius 1 is 1.20 bits per heavy atom. The summed E-state index contributed by atoms with van der Waals surface area (Å²) in [5.74, 6) is 0.586. The van der Waals surface area contributed by atoms with E-state index in [0.717, 1.165) is 12.8 Å². The van der Waals surface area contributed by atoms with E-state index in [4.69, 9.17) is 11.6 Å². The van der Waals surface area contributed by atoms with Gasteiger partial charge in [0.15, 0.2) is 0 Å². The minimum Gasteiger partial charge on any atom is -0.123 e. The van der Waals surface area contributed by atoms with Gasteiger partial charge < -0.3 is 0 Å². The fourth-order valence-corrected chi connectivity index (χ4v) is 2.00. The third-order valence-electron chi connectivity index (χ3n) is 2.58. The second-order valence-corrected chi connectivity index (χ2v) is 6.08. The molecule has 0 saturated heterocycles. The van der Waals surface area contributed by atoms with Crippen molar-refractivity contribution in [2.24, 2.45) is 5.92 Å². The van der Waals surface area contributed by atoms with Crippen LogP contribution in [-0.4, -0.2) is 5.38 Å². The van der Waals surface area contributed by atoms with E-state index in [1.807, 2.05) is 0 Å². The summed E-state index contributed by atoms with van der Waals surface area (Å²) in [6.07, 6.45) is 3.45. The van der Waals surface area contributed by atoms with Crippen LogP contribution in [0.3, 0.4) is 0 Å². The average Bonchev–Trinajstić information content (AvgIpc) is 2.20. The van der Waals surface area contributed by atoms with Crippen molar-refractivity contribution in [3.8, 4) is 0 Å². The van der Waals surface area contributed by atoms with Gasteiger partial charge >= 0.3 is 0 Å². The highest BCUT2D eigenvalue weighted by molar-refractivity contribution is 14.1. The predicted molar refractivity (Wildman–Crippen MR) is 76.6 cm³/mol. The van der Waals surface area contributed by atoms with E-state index in [2.05, 4.69) is 60.7 Å². The van der Waals surface area contributed by atoms with Crippen LogP contribution in [0.1, 0.15) is 32.3 Å². The summed E-state index contributed by atoms with van der Waals surface area (Å²) >= 11 is 8.54. The molecule has 1 aromatic rings. The number of hydrogen-bond acceptors (Lipinski definition) is 0. The van der Waals surface area contributed by atoms with Gasteiger partial charge in [-0.3, -0.25) is 0 Å². The fourth-order valence-electron chi connectivity index (χ4n) is 1.49. The third kappa shape index (κ3) is 5.21. The largest absolute Gasteiger partial charge is 0.123 e. The first-order valence-electron chi connectivity index (χ1n) is 5.48. The maximum Gasteiger partial charge on any atom is 0.0359 e. The van der Waals surface area contributed by atoms with Crippen LogP contribution >= 0.6 is 34.2 Å². The molecule has 84 valence electrons. The van der Waals surface area contributed by atoms with Crippen molar-refractivity contribution in [2.45, 2.75) is 38.5 Å². The van der Waals surface area contributed by atoms with Crippen LogP contribution in [0.2, 0.25) is 0 Å². The van der Waals surface area contributed by atoms with Gasteiger partial charge in [0.25, 0.3) is 0 Å². The Hall–Kier alpha value is 0.240. The third-order valence-corrected chi connectivity index (χ3v) is 4.02. The van der Waals surface area contributed by atoms with E-state index in [0.29, 0.717) is 11.3 Å². The van der Waals surface area contributed by atoms with Gasteiger partial charge in [-0.15, -0.1) is 11.6 Å². The highest BCUT2D eigenvalue weighted by Crippen LogP contribution is 2.17. The van der Waals surface area contributed by atoms with Crippen LogP contribution in [0.25, 0.3) is 0 Å². The minimum absolute atomic E-state index is 0.328. The predicted octanol–water partition coefficient (Wildman–Crippen LogP) is 4.88. The molecule has 0 spiro atoms. The van der Waals surface area contributed by atoms with Gasteiger partial charge in [-0.1, -0.05) is 26.0 Å². The van der Waals surface area contributed by atoms with Crippen LogP contribution in [0.4, 0.5) is 0 Å². The summed E-state index contributed by atoms with van der Waals surface area (Å²) in [5, 5.41) is 0.328. The molecule has 0 aliphatic rings. The molecule has 1 rings (SSSR count). The lowest BCUT2D eigenvalue weighted by Gasteiger charge is -2.12. The Labute approximate surface area is 112 Å². The molecule has 0 aliphatic carbocycles. The highest BCUT2D eigenvalue weighted by atomic mass is 127. The molecule has 0 aromatic heterocycles. The van der Waals surface area contributed by atoms with Gasteiger partial charge in [0.2, 0.25) is 0 Å². The maximum absolute atomic E-state index is 6.21. The Balaban J connectivity index is 2.29. The van der Waals surface area contributed by atoms with Crippen LogP contribution in [-0.2, 0) is 6.42 Å². The van der Waals surface area contributed by atoms with Crippen molar-refractivity contribution in [3.05, 3.63) is 33.4 Å². The van der Waals surface area contributed by atoms with Crippen molar-refractivity contribution < 1.29 is 0 Å². The second-order valence-electron chi connectivity index (χ2n) is 4.28. The normalized spacial score (nSPS) is 13.1. The Kier molecular flexibility index (Phi) is 5.98. The molecular formula is C13H18ClI. The van der Waals surface area contributed by atoms with Crippen LogP contribution in [0, 0.1) is 9.49 Å². The van der Waals surface area contributed by atoms with E-state index >= 15 is 0 Å². The molecule has 0 N–H and O–H groups in total. The van der Waals surface area contributed by atoms with E-state index < -0.39 is 0 Å². The number of hydrogen-bond donors (Lipinski definition) is 0. The molecule has 1 unspecified atom stereocenters. The monoisotopic (exact) mass is 336 g/mol. The van der Waals surface area contributed by atoms with Crippen LogP contribution < -0.4 is 0 Å². The zero-order chi connectivity index (χ0) is 11.3. The first-order valence-corrected chi connectivity index (χ1v) is 6.99. The van der Waals surface area contributed by atoms with Crippen molar-refractivity contribution in [2.75, 3.05) is 0 Å². The molecule has 1 atom stereocenters. The molecule has 15 heavy (non-hydrogen) atoms. The van der Waals surface area contributed by atoms with E-state index in [1.54, 1.807) is 0 Å². The van der Waals surface area contributed by atoms with Gasteiger partial charge in [0.1, 0.15) is 0 Å². The number of benzene rings is 1. The molecular weight excluding hydrogens is 318 g/mol. The topological polar surface area (TPSA) is 0 Å². The molecule has 1 aromatic carbocycles. The summed E-state index contributed by atoms with van der Waals surface area (Å²) < 4.78 is 1.30. The van der Waals surface area contributed by atoms with Crippen molar-refractivity contribution in [1.82, 2.24) is 0 Å². The lowest BCUT2D eigenvalue weighted by atomic mass is 10.0. The molecule has 0 bridgehead atoms. The average molecular weight is 337 g/mol. The fraction of sp³-hybridized carbons (Fsp3) is 0.538. The minimum atomic E-state index is 0.328. The van der Waals surface area contributed by atoms with Gasteiger partial charge in [-0.05, 0) is 65.5 Å². The molecule has 0 nitrogen and oxygen atoms in total. The Bertz CT molecular complexity index is 279. The number of halogens is 2. The van der Waals surface area contributed by atoms with Gasteiger partial charge in [-0.2, -0.15) is 0 Å². The number of rotatable bonds is 5. The maximum atomic E-state index is 6.21. The van der Waals surface area contributed by atoms with Crippen molar-refractivity contribution in [1.29, 1.82) is 0 Å². The molecule has 0 fully saturated rings. The zero-order valence-electron chi connectivity index (χ0n) is 9.34. The quantitative estimate of drug-likeness (QED) is 0.531. The Morgan fingerprint density at radius 2 is 1.80 bits per heavy atom. The molecule has 2 heteroatoms. The van der Waals surface area contributed by atoms with E-state index in [-0.39, 0.29) is 0 Å².